The van der Waals surface area contributed by atoms with Gasteiger partial charge >= 0.3 is 0 Å². The number of ether oxygens (including phenoxy) is 1. The van der Waals surface area contributed by atoms with Crippen molar-refractivity contribution >= 4 is 0 Å². The summed E-state index contributed by atoms with van der Waals surface area (Å²) in [6.45, 7) is 3.27. The number of hydrogen-bond acceptors (Lipinski definition) is 2. The Morgan fingerprint density at radius 3 is 2.50 bits per heavy atom. The van der Waals surface area contributed by atoms with Gasteiger partial charge in [-0.05, 0) is 6.42 Å². The fourth-order valence-electron chi connectivity index (χ4n) is 1.19. The van der Waals surface area contributed by atoms with Crippen LogP contribution in [0.1, 0.15) is 32.6 Å². The molecule has 0 aromatic carbocycles. The zero-order chi connectivity index (χ0) is 7.45. The van der Waals surface area contributed by atoms with E-state index in [1.165, 1.54) is 12.8 Å². The lowest BCUT2D eigenvalue weighted by Crippen LogP contribution is -2.49. The van der Waals surface area contributed by atoms with Gasteiger partial charge in [0.2, 0.25) is 0 Å². The first-order valence-electron chi connectivity index (χ1n) is 4.07. The molecule has 0 aliphatic carbocycles. The van der Waals surface area contributed by atoms with Crippen molar-refractivity contribution < 1.29 is 9.84 Å². The van der Waals surface area contributed by atoms with Crippen LogP contribution in [0.3, 0.4) is 0 Å². The van der Waals surface area contributed by atoms with Gasteiger partial charge < -0.3 is 9.84 Å². The molecule has 1 saturated heterocycles. The Balaban J connectivity index is 2.01. The van der Waals surface area contributed by atoms with Crippen molar-refractivity contribution in [3.05, 3.63) is 0 Å². The van der Waals surface area contributed by atoms with Crippen LogP contribution in [-0.2, 0) is 4.74 Å². The number of aliphatic hydroxyl groups is 1. The molecule has 0 spiro atoms. The van der Waals surface area contributed by atoms with Gasteiger partial charge in [0.05, 0.1) is 13.2 Å². The van der Waals surface area contributed by atoms with E-state index in [2.05, 4.69) is 6.92 Å². The molecule has 0 atom stereocenters. The van der Waals surface area contributed by atoms with Gasteiger partial charge in [0.15, 0.2) is 0 Å². The maximum Gasteiger partial charge on any atom is 0.111 e. The molecule has 1 N–H and O–H groups in total. The summed E-state index contributed by atoms with van der Waals surface area (Å²) >= 11 is 0. The van der Waals surface area contributed by atoms with Crippen molar-refractivity contribution in [1.29, 1.82) is 0 Å². The fourth-order valence-corrected chi connectivity index (χ4v) is 1.19. The van der Waals surface area contributed by atoms with Gasteiger partial charge in [-0.25, -0.2) is 0 Å². The Hall–Kier alpha value is -0.0800. The lowest BCUT2D eigenvalue weighted by Gasteiger charge is -2.36. The van der Waals surface area contributed by atoms with Gasteiger partial charge in [0, 0.05) is 0 Å². The third kappa shape index (κ3) is 1.96. The summed E-state index contributed by atoms with van der Waals surface area (Å²) in [7, 11) is 0. The van der Waals surface area contributed by atoms with Crippen LogP contribution in [0.25, 0.3) is 0 Å². The minimum atomic E-state index is -0.449. The maximum absolute atomic E-state index is 9.51. The van der Waals surface area contributed by atoms with Gasteiger partial charge in [-0.3, -0.25) is 0 Å². The first-order valence-corrected chi connectivity index (χ1v) is 4.07. The highest BCUT2D eigenvalue weighted by Gasteiger charge is 2.34. The molecule has 0 amide bonds. The molecule has 1 aliphatic heterocycles. The van der Waals surface area contributed by atoms with Crippen LogP contribution in [0.4, 0.5) is 0 Å². The van der Waals surface area contributed by atoms with Gasteiger partial charge in [0.1, 0.15) is 5.60 Å². The van der Waals surface area contributed by atoms with E-state index in [0.717, 1.165) is 12.8 Å². The largest absolute Gasteiger partial charge is 0.385 e. The molecule has 1 rings (SSSR count). The van der Waals surface area contributed by atoms with E-state index in [1.54, 1.807) is 0 Å². The molecule has 0 radical (unpaired) electrons. The first kappa shape index (κ1) is 8.02. The molecule has 1 fully saturated rings. The van der Waals surface area contributed by atoms with Crippen LogP contribution in [0.15, 0.2) is 0 Å². The average Bonchev–Trinajstić information content (AvgIpc) is 1.85. The van der Waals surface area contributed by atoms with E-state index in [-0.39, 0.29) is 0 Å². The summed E-state index contributed by atoms with van der Waals surface area (Å²) in [5.41, 5.74) is -0.449. The van der Waals surface area contributed by atoms with Gasteiger partial charge in [-0.1, -0.05) is 26.2 Å². The van der Waals surface area contributed by atoms with Crippen LogP contribution in [0.5, 0.6) is 0 Å². The molecule has 1 heterocycles. The van der Waals surface area contributed by atoms with Crippen LogP contribution in [-0.4, -0.2) is 23.9 Å². The minimum Gasteiger partial charge on any atom is -0.385 e. The molecule has 0 aromatic heterocycles. The molecule has 0 bridgehead atoms. The Morgan fingerprint density at radius 1 is 1.40 bits per heavy atom. The van der Waals surface area contributed by atoms with E-state index >= 15 is 0 Å². The number of hydrogen-bond donors (Lipinski definition) is 1. The van der Waals surface area contributed by atoms with Crippen LogP contribution in [0.2, 0.25) is 0 Å². The van der Waals surface area contributed by atoms with E-state index in [1.807, 2.05) is 0 Å². The van der Waals surface area contributed by atoms with Crippen molar-refractivity contribution in [2.45, 2.75) is 38.2 Å². The lowest BCUT2D eigenvalue weighted by molar-refractivity contribution is -0.181. The molecule has 60 valence electrons. The molecule has 0 aromatic rings. The molecule has 0 saturated carbocycles. The second-order valence-corrected chi connectivity index (χ2v) is 3.17. The summed E-state index contributed by atoms with van der Waals surface area (Å²) in [6, 6.07) is 0. The van der Waals surface area contributed by atoms with Crippen LogP contribution < -0.4 is 0 Å². The van der Waals surface area contributed by atoms with E-state index < -0.39 is 5.60 Å². The van der Waals surface area contributed by atoms with Crippen LogP contribution >= 0.6 is 0 Å². The Labute approximate surface area is 62.2 Å². The fraction of sp³-hybridized carbons (Fsp3) is 1.00. The summed E-state index contributed by atoms with van der Waals surface area (Å²) in [5.74, 6) is 0. The summed E-state index contributed by atoms with van der Waals surface area (Å²) in [5, 5.41) is 9.51. The number of unbranched alkanes of at least 4 members (excludes halogenated alkanes) is 2. The van der Waals surface area contributed by atoms with Crippen molar-refractivity contribution in [2.24, 2.45) is 0 Å². The Bertz CT molecular complexity index is 97.4. The smallest absolute Gasteiger partial charge is 0.111 e. The highest BCUT2D eigenvalue weighted by atomic mass is 16.5. The Morgan fingerprint density at radius 2 is 2.10 bits per heavy atom. The summed E-state index contributed by atoms with van der Waals surface area (Å²) < 4.78 is 4.92. The molecule has 2 heteroatoms. The van der Waals surface area contributed by atoms with Crippen molar-refractivity contribution in [2.75, 3.05) is 13.2 Å². The molecule has 0 unspecified atom stereocenters. The second kappa shape index (κ2) is 3.35. The van der Waals surface area contributed by atoms with Crippen LogP contribution in [0, 0.1) is 0 Å². The summed E-state index contributed by atoms with van der Waals surface area (Å²) in [6.07, 6.45) is 4.50. The minimum absolute atomic E-state index is 0.449. The van der Waals surface area contributed by atoms with E-state index in [4.69, 9.17) is 4.74 Å². The zero-order valence-electron chi connectivity index (χ0n) is 6.60. The predicted molar refractivity (Wildman–Crippen MR) is 39.9 cm³/mol. The second-order valence-electron chi connectivity index (χ2n) is 3.17. The molecular weight excluding hydrogens is 128 g/mol. The van der Waals surface area contributed by atoms with Gasteiger partial charge in [-0.2, -0.15) is 0 Å². The maximum atomic E-state index is 9.51. The van der Waals surface area contributed by atoms with Crippen molar-refractivity contribution in [3.63, 3.8) is 0 Å². The van der Waals surface area contributed by atoms with E-state index in [9.17, 15) is 5.11 Å². The molecule has 10 heavy (non-hydrogen) atoms. The molecule has 2 nitrogen and oxygen atoms in total. The predicted octanol–water partition coefficient (Wildman–Crippen LogP) is 1.33. The normalized spacial score (nSPS) is 22.2. The monoisotopic (exact) mass is 144 g/mol. The van der Waals surface area contributed by atoms with Crippen molar-refractivity contribution in [1.82, 2.24) is 0 Å². The third-order valence-electron chi connectivity index (χ3n) is 1.99. The Kier molecular flexibility index (Phi) is 2.69. The lowest BCUT2D eigenvalue weighted by atomic mass is 9.95. The topological polar surface area (TPSA) is 29.5 Å². The van der Waals surface area contributed by atoms with Gasteiger partial charge in [-0.15, -0.1) is 0 Å². The standard InChI is InChI=1S/C8H16O2/c1-2-3-4-5-8(9)6-10-7-8/h9H,2-7H2,1H3. The zero-order valence-corrected chi connectivity index (χ0v) is 6.60. The average molecular weight is 144 g/mol. The third-order valence-corrected chi connectivity index (χ3v) is 1.99. The molecular formula is C8H16O2. The quantitative estimate of drug-likeness (QED) is 0.603. The van der Waals surface area contributed by atoms with Crippen molar-refractivity contribution in [3.8, 4) is 0 Å². The number of rotatable bonds is 4. The molecule has 1 aliphatic rings. The first-order chi connectivity index (χ1) is 4.77. The SMILES string of the molecule is CCCCCC1(O)COC1. The van der Waals surface area contributed by atoms with Gasteiger partial charge in [0.25, 0.3) is 0 Å². The summed E-state index contributed by atoms with van der Waals surface area (Å²) in [4.78, 5) is 0. The highest BCUT2D eigenvalue weighted by molar-refractivity contribution is 4.84. The van der Waals surface area contributed by atoms with E-state index in [0.29, 0.717) is 13.2 Å². The highest BCUT2D eigenvalue weighted by Crippen LogP contribution is 2.23.